The van der Waals surface area contributed by atoms with Crippen LogP contribution in [0.3, 0.4) is 0 Å². The number of nitrogens with zero attached hydrogens (tertiary/aromatic N) is 3. The van der Waals surface area contributed by atoms with E-state index in [0.29, 0.717) is 64.9 Å². The van der Waals surface area contributed by atoms with Crippen LogP contribution in [0.2, 0.25) is 0 Å². The lowest BCUT2D eigenvalue weighted by Gasteiger charge is -2.17. The molecule has 1 saturated carbocycles. The fraction of sp³-hybridized carbons (Fsp3) is 0.440. The van der Waals surface area contributed by atoms with Crippen LogP contribution in [0.4, 0.5) is 4.39 Å². The third-order valence-corrected chi connectivity index (χ3v) is 6.78. The molecule has 1 aliphatic heterocycles. The zero-order chi connectivity index (χ0) is 24.7. The molecule has 35 heavy (non-hydrogen) atoms. The minimum Gasteiger partial charge on any atom is -0.493 e. The van der Waals surface area contributed by atoms with Gasteiger partial charge in [-0.2, -0.15) is 0 Å². The molecular formula is C25H28FN5O4. The van der Waals surface area contributed by atoms with Crippen molar-refractivity contribution in [3.8, 4) is 17.0 Å². The van der Waals surface area contributed by atoms with E-state index >= 15 is 0 Å². The number of benzene rings is 1. The van der Waals surface area contributed by atoms with Gasteiger partial charge in [0, 0.05) is 24.3 Å². The smallest absolute Gasteiger partial charge is 0.255 e. The average molecular weight is 482 g/mol. The van der Waals surface area contributed by atoms with Crippen molar-refractivity contribution in [2.45, 2.75) is 32.7 Å². The molecule has 3 aromatic rings. The molecular weight excluding hydrogens is 453 g/mol. The lowest BCUT2D eigenvalue weighted by Crippen LogP contribution is -2.41. The van der Waals surface area contributed by atoms with Gasteiger partial charge in [0.15, 0.2) is 0 Å². The number of ether oxygens (including phenoxy) is 1. The Balaban J connectivity index is 1.46. The summed E-state index contributed by atoms with van der Waals surface area (Å²) >= 11 is 0. The van der Waals surface area contributed by atoms with Crippen LogP contribution in [0.15, 0.2) is 24.5 Å². The summed E-state index contributed by atoms with van der Waals surface area (Å²) in [4.78, 5) is 38.7. The summed E-state index contributed by atoms with van der Waals surface area (Å²) in [7, 11) is 0. The molecule has 0 radical (unpaired) electrons. The molecule has 2 fully saturated rings. The monoisotopic (exact) mass is 481 g/mol. The number of carbonyl (C=O) groups is 2. The van der Waals surface area contributed by atoms with E-state index < -0.39 is 12.4 Å². The highest BCUT2D eigenvalue weighted by Gasteiger charge is 2.34. The number of likely N-dealkylation sites (tertiary alicyclic amines) is 1. The van der Waals surface area contributed by atoms with Gasteiger partial charge in [-0.1, -0.05) is 6.92 Å². The van der Waals surface area contributed by atoms with E-state index in [4.69, 9.17) is 9.84 Å². The lowest BCUT2D eigenvalue weighted by atomic mass is 10.1. The number of H-pyrrole nitrogens is 1. The number of aliphatic hydroxyl groups is 1. The minimum atomic E-state index is -0.554. The van der Waals surface area contributed by atoms with Crippen molar-refractivity contribution in [1.29, 1.82) is 0 Å². The highest BCUT2D eigenvalue weighted by molar-refractivity contribution is 6.09. The molecule has 3 N–H and O–H groups in total. The number of halogens is 1. The van der Waals surface area contributed by atoms with Gasteiger partial charge in [0.2, 0.25) is 5.91 Å². The minimum absolute atomic E-state index is 0.0311. The highest BCUT2D eigenvalue weighted by atomic mass is 19.1. The van der Waals surface area contributed by atoms with Crippen molar-refractivity contribution >= 4 is 22.8 Å². The number of rotatable bonds is 7. The second-order valence-corrected chi connectivity index (χ2v) is 9.48. The SMILES string of the molecule is Cc1[nH]c2c(-c3cc(F)ccc3OCC3CC3)ncnc2c1C(=O)NC1CN(C(=O)CO)CC1C. The third-order valence-electron chi connectivity index (χ3n) is 6.78. The Labute approximate surface area is 201 Å². The fourth-order valence-electron chi connectivity index (χ4n) is 4.61. The van der Waals surface area contributed by atoms with Gasteiger partial charge in [-0.25, -0.2) is 14.4 Å². The van der Waals surface area contributed by atoms with Gasteiger partial charge in [0.05, 0.1) is 23.7 Å². The van der Waals surface area contributed by atoms with Crippen molar-refractivity contribution in [3.05, 3.63) is 41.6 Å². The Morgan fingerprint density at radius 2 is 2.09 bits per heavy atom. The van der Waals surface area contributed by atoms with Crippen LogP contribution in [-0.2, 0) is 4.79 Å². The van der Waals surface area contributed by atoms with Gasteiger partial charge in [-0.15, -0.1) is 0 Å². The van der Waals surface area contributed by atoms with Crippen LogP contribution in [0.1, 0.15) is 35.8 Å². The first-order chi connectivity index (χ1) is 16.9. The molecule has 0 bridgehead atoms. The molecule has 1 aromatic carbocycles. The summed E-state index contributed by atoms with van der Waals surface area (Å²) in [6.07, 6.45) is 3.62. The molecule has 1 aliphatic carbocycles. The van der Waals surface area contributed by atoms with E-state index in [1.807, 2.05) is 6.92 Å². The molecule has 0 spiro atoms. The van der Waals surface area contributed by atoms with Crippen LogP contribution >= 0.6 is 0 Å². The van der Waals surface area contributed by atoms with Crippen molar-refractivity contribution in [2.24, 2.45) is 11.8 Å². The standard InChI is InChI=1S/C25H28FN5O4/c1-13-8-31(20(33)10-32)9-18(13)30-25(34)21-14(2)29-24-22(27-12-28-23(21)24)17-7-16(26)5-6-19(17)35-11-15-3-4-15/h5-7,12-13,15,18,29,32H,3-4,8-11H2,1-2H3,(H,30,34). The topological polar surface area (TPSA) is 120 Å². The predicted octanol–water partition coefficient (Wildman–Crippen LogP) is 2.43. The summed E-state index contributed by atoms with van der Waals surface area (Å²) in [5.41, 5.74) is 2.87. The first-order valence-corrected chi connectivity index (χ1v) is 11.8. The van der Waals surface area contributed by atoms with Gasteiger partial charge in [-0.3, -0.25) is 9.59 Å². The zero-order valence-electron chi connectivity index (χ0n) is 19.7. The van der Waals surface area contributed by atoms with E-state index in [-0.39, 0.29) is 23.8 Å². The highest BCUT2D eigenvalue weighted by Crippen LogP contribution is 2.36. The normalized spacial score (nSPS) is 19.8. The summed E-state index contributed by atoms with van der Waals surface area (Å²) in [5, 5.41) is 12.2. The van der Waals surface area contributed by atoms with Crippen molar-refractivity contribution in [3.63, 3.8) is 0 Å². The van der Waals surface area contributed by atoms with Crippen molar-refractivity contribution in [1.82, 2.24) is 25.2 Å². The second kappa shape index (κ2) is 9.26. The lowest BCUT2D eigenvalue weighted by molar-refractivity contribution is -0.133. The molecule has 10 heteroatoms. The number of aryl methyl sites for hydroxylation is 1. The number of aromatic amines is 1. The van der Waals surface area contributed by atoms with E-state index in [1.54, 1.807) is 17.9 Å². The number of nitrogens with one attached hydrogen (secondary N) is 2. The summed E-state index contributed by atoms with van der Waals surface area (Å²) in [5.74, 6) is 0.00237. The summed E-state index contributed by atoms with van der Waals surface area (Å²) in [6, 6.07) is 4.09. The Morgan fingerprint density at radius 3 is 2.83 bits per heavy atom. The Kier molecular flexibility index (Phi) is 6.14. The van der Waals surface area contributed by atoms with Gasteiger partial charge in [0.25, 0.3) is 5.91 Å². The maximum absolute atomic E-state index is 14.2. The molecule has 184 valence electrons. The van der Waals surface area contributed by atoms with Crippen LogP contribution < -0.4 is 10.1 Å². The predicted molar refractivity (Wildman–Crippen MR) is 126 cm³/mol. The first-order valence-electron chi connectivity index (χ1n) is 11.8. The number of fused-ring (bicyclic) bond motifs is 1. The summed E-state index contributed by atoms with van der Waals surface area (Å²) in [6.45, 7) is 4.54. The van der Waals surface area contributed by atoms with Gasteiger partial charge in [-0.05, 0) is 49.8 Å². The van der Waals surface area contributed by atoms with E-state index in [2.05, 4.69) is 20.3 Å². The van der Waals surface area contributed by atoms with E-state index in [0.717, 1.165) is 12.8 Å². The Bertz CT molecular complexity index is 1290. The number of hydrogen-bond donors (Lipinski definition) is 3. The van der Waals surface area contributed by atoms with Crippen molar-refractivity contribution < 1.29 is 23.8 Å². The Hall–Kier alpha value is -3.53. The number of amides is 2. The third kappa shape index (κ3) is 4.58. The molecule has 2 unspecified atom stereocenters. The molecule has 1 saturated heterocycles. The molecule has 3 heterocycles. The van der Waals surface area contributed by atoms with Gasteiger partial charge < -0.3 is 25.0 Å². The van der Waals surface area contributed by atoms with E-state index in [1.165, 1.54) is 18.5 Å². The number of aliphatic hydroxyl groups excluding tert-OH is 1. The molecule has 5 rings (SSSR count). The Morgan fingerprint density at radius 1 is 1.29 bits per heavy atom. The first kappa shape index (κ1) is 23.2. The number of hydrogen-bond acceptors (Lipinski definition) is 6. The second-order valence-electron chi connectivity index (χ2n) is 9.48. The van der Waals surface area contributed by atoms with Crippen LogP contribution in [0.25, 0.3) is 22.3 Å². The number of carbonyl (C=O) groups excluding carboxylic acids is 2. The fourth-order valence-corrected chi connectivity index (χ4v) is 4.61. The molecule has 2 aliphatic rings. The molecule has 2 atom stereocenters. The van der Waals surface area contributed by atoms with E-state index in [9.17, 15) is 14.0 Å². The molecule has 2 amide bonds. The average Bonchev–Trinajstić information content (AvgIpc) is 3.51. The van der Waals surface area contributed by atoms with Crippen molar-refractivity contribution in [2.75, 3.05) is 26.3 Å². The quantitative estimate of drug-likeness (QED) is 0.477. The van der Waals surface area contributed by atoms with Crippen LogP contribution in [0, 0.1) is 24.6 Å². The maximum atomic E-state index is 14.2. The zero-order valence-corrected chi connectivity index (χ0v) is 19.7. The van der Waals surface area contributed by atoms with Crippen LogP contribution in [0.5, 0.6) is 5.75 Å². The van der Waals surface area contributed by atoms with Gasteiger partial charge in [0.1, 0.15) is 35.7 Å². The number of aromatic nitrogens is 3. The largest absolute Gasteiger partial charge is 0.493 e. The maximum Gasteiger partial charge on any atom is 0.255 e. The molecule has 2 aromatic heterocycles. The molecule has 9 nitrogen and oxygen atoms in total. The van der Waals surface area contributed by atoms with Crippen LogP contribution in [-0.4, -0.2) is 69.1 Å². The summed E-state index contributed by atoms with van der Waals surface area (Å²) < 4.78 is 20.2. The van der Waals surface area contributed by atoms with Gasteiger partial charge >= 0.3 is 0 Å².